The molecule has 98 valence electrons. The molecule has 0 amide bonds. The summed E-state index contributed by atoms with van der Waals surface area (Å²) in [6.07, 6.45) is 4.39. The summed E-state index contributed by atoms with van der Waals surface area (Å²) in [4.78, 5) is 6.46. The minimum Gasteiger partial charge on any atom is -0.389 e. The Labute approximate surface area is 103 Å². The molecule has 17 heavy (non-hydrogen) atoms. The van der Waals surface area contributed by atoms with Gasteiger partial charge in [-0.25, -0.2) is 4.98 Å². The monoisotopic (exact) mass is 240 g/mol. The molecule has 0 saturated carbocycles. The van der Waals surface area contributed by atoms with Gasteiger partial charge in [-0.2, -0.15) is 0 Å². The van der Waals surface area contributed by atoms with Gasteiger partial charge in [-0.1, -0.05) is 0 Å². The number of imidazole rings is 1. The third-order valence-electron chi connectivity index (χ3n) is 3.24. The van der Waals surface area contributed by atoms with Crippen LogP contribution in [0.1, 0.15) is 26.1 Å². The maximum Gasteiger partial charge on any atom is 0.122 e. The van der Waals surface area contributed by atoms with Crippen molar-refractivity contribution in [3.8, 4) is 0 Å². The van der Waals surface area contributed by atoms with Crippen molar-refractivity contribution in [2.45, 2.75) is 38.5 Å². The van der Waals surface area contributed by atoms with Gasteiger partial charge in [0.2, 0.25) is 0 Å². The van der Waals surface area contributed by atoms with Crippen LogP contribution in [0, 0.1) is 0 Å². The molecule has 5 heteroatoms. The summed E-state index contributed by atoms with van der Waals surface area (Å²) < 4.78 is 2.00. The van der Waals surface area contributed by atoms with Crippen LogP contribution in [0.25, 0.3) is 0 Å². The molecule has 0 radical (unpaired) electrons. The zero-order valence-corrected chi connectivity index (χ0v) is 11.2. The summed E-state index contributed by atoms with van der Waals surface area (Å²) in [5, 5.41) is 9.95. The topological polar surface area (TPSA) is 67.3 Å². The van der Waals surface area contributed by atoms with Crippen molar-refractivity contribution in [1.29, 1.82) is 0 Å². The Morgan fingerprint density at radius 2 is 2.29 bits per heavy atom. The van der Waals surface area contributed by atoms with E-state index >= 15 is 0 Å². The van der Waals surface area contributed by atoms with Gasteiger partial charge in [-0.3, -0.25) is 4.90 Å². The highest BCUT2D eigenvalue weighted by Gasteiger charge is 2.24. The first kappa shape index (κ1) is 14.2. The van der Waals surface area contributed by atoms with Gasteiger partial charge >= 0.3 is 0 Å². The Balaban J connectivity index is 2.53. The van der Waals surface area contributed by atoms with Gasteiger partial charge in [0.25, 0.3) is 0 Å². The largest absolute Gasteiger partial charge is 0.389 e. The van der Waals surface area contributed by atoms with Gasteiger partial charge in [-0.05, 0) is 27.3 Å². The number of rotatable bonds is 6. The Kier molecular flexibility index (Phi) is 4.68. The van der Waals surface area contributed by atoms with Gasteiger partial charge in [0, 0.05) is 32.0 Å². The Hall–Kier alpha value is -0.910. The van der Waals surface area contributed by atoms with Crippen LogP contribution >= 0.6 is 0 Å². The number of aryl methyl sites for hydroxylation is 1. The van der Waals surface area contributed by atoms with Crippen LogP contribution in [0.5, 0.6) is 0 Å². The van der Waals surface area contributed by atoms with E-state index in [4.69, 9.17) is 5.73 Å². The molecule has 1 aromatic rings. The number of hydrogen-bond acceptors (Lipinski definition) is 4. The van der Waals surface area contributed by atoms with Crippen LogP contribution in [-0.4, -0.2) is 44.8 Å². The van der Waals surface area contributed by atoms with E-state index in [0.29, 0.717) is 6.42 Å². The van der Waals surface area contributed by atoms with E-state index in [1.54, 1.807) is 13.1 Å². The second kappa shape index (κ2) is 5.62. The summed E-state index contributed by atoms with van der Waals surface area (Å²) in [7, 11) is 4.02. The molecule has 0 saturated heterocycles. The number of nitrogens with two attached hydrogens (primary N) is 1. The molecule has 0 fully saturated rings. The van der Waals surface area contributed by atoms with Crippen molar-refractivity contribution < 1.29 is 5.11 Å². The molecule has 0 aliphatic heterocycles. The predicted molar refractivity (Wildman–Crippen MR) is 68.4 cm³/mol. The minimum absolute atomic E-state index is 0.255. The van der Waals surface area contributed by atoms with Gasteiger partial charge in [-0.15, -0.1) is 0 Å². The molecule has 0 bridgehead atoms. The van der Waals surface area contributed by atoms with Crippen LogP contribution in [0.3, 0.4) is 0 Å². The van der Waals surface area contributed by atoms with Crippen molar-refractivity contribution in [2.75, 3.05) is 13.6 Å². The number of hydrogen-bond donors (Lipinski definition) is 2. The van der Waals surface area contributed by atoms with Crippen LogP contribution in [-0.2, 0) is 13.6 Å². The fourth-order valence-electron chi connectivity index (χ4n) is 1.80. The highest BCUT2D eigenvalue weighted by Crippen LogP contribution is 2.15. The molecule has 5 nitrogen and oxygen atoms in total. The Morgan fingerprint density at radius 3 is 2.76 bits per heavy atom. The first-order valence-corrected chi connectivity index (χ1v) is 5.94. The van der Waals surface area contributed by atoms with Crippen LogP contribution in [0.4, 0.5) is 0 Å². The fraction of sp³-hybridized carbons (Fsp3) is 0.750. The second-order valence-electron chi connectivity index (χ2n) is 5.12. The smallest absolute Gasteiger partial charge is 0.122 e. The summed E-state index contributed by atoms with van der Waals surface area (Å²) in [6.45, 7) is 4.92. The maximum absolute atomic E-state index is 9.95. The van der Waals surface area contributed by atoms with Gasteiger partial charge in [0.05, 0.1) is 12.1 Å². The van der Waals surface area contributed by atoms with Crippen molar-refractivity contribution in [2.24, 2.45) is 12.8 Å². The molecule has 1 aromatic heterocycles. The molecular formula is C12H24N4O. The standard InChI is InChI=1S/C12H24N4O/c1-10(7-12(2,17)9-13)16(4)8-11-14-5-6-15(11)3/h5-6,10,17H,7-9,13H2,1-4H3. The predicted octanol–water partition coefficient (Wildman–Crippen LogP) is 0.340. The van der Waals surface area contributed by atoms with E-state index < -0.39 is 5.60 Å². The molecule has 3 N–H and O–H groups in total. The van der Waals surface area contributed by atoms with Crippen molar-refractivity contribution >= 4 is 0 Å². The molecule has 0 aliphatic rings. The third-order valence-corrected chi connectivity index (χ3v) is 3.24. The highest BCUT2D eigenvalue weighted by atomic mass is 16.3. The highest BCUT2D eigenvalue weighted by molar-refractivity contribution is 4.91. The molecule has 1 heterocycles. The number of aromatic nitrogens is 2. The quantitative estimate of drug-likeness (QED) is 0.752. The molecular weight excluding hydrogens is 216 g/mol. The third kappa shape index (κ3) is 4.11. The number of nitrogens with zero attached hydrogens (tertiary/aromatic N) is 3. The molecule has 0 aliphatic carbocycles. The summed E-state index contributed by atoms with van der Waals surface area (Å²) >= 11 is 0. The summed E-state index contributed by atoms with van der Waals surface area (Å²) in [5.74, 6) is 1.02. The normalized spacial score (nSPS) is 17.1. The van der Waals surface area contributed by atoms with Gasteiger partial charge in [0.1, 0.15) is 5.82 Å². The lowest BCUT2D eigenvalue weighted by Gasteiger charge is -2.31. The first-order valence-electron chi connectivity index (χ1n) is 5.94. The summed E-state index contributed by atoms with van der Waals surface area (Å²) in [6, 6.07) is 0.255. The van der Waals surface area contributed by atoms with E-state index in [1.807, 2.05) is 24.9 Å². The lowest BCUT2D eigenvalue weighted by molar-refractivity contribution is 0.0317. The van der Waals surface area contributed by atoms with Crippen molar-refractivity contribution in [3.63, 3.8) is 0 Å². The molecule has 0 spiro atoms. The zero-order chi connectivity index (χ0) is 13.1. The van der Waals surface area contributed by atoms with Crippen LogP contribution < -0.4 is 5.73 Å². The molecule has 0 aromatic carbocycles. The van der Waals surface area contributed by atoms with E-state index in [-0.39, 0.29) is 12.6 Å². The summed E-state index contributed by atoms with van der Waals surface area (Å²) in [5.41, 5.74) is 4.73. The van der Waals surface area contributed by atoms with E-state index in [9.17, 15) is 5.11 Å². The Bertz CT molecular complexity index is 348. The van der Waals surface area contributed by atoms with Crippen LogP contribution in [0.15, 0.2) is 12.4 Å². The van der Waals surface area contributed by atoms with Crippen molar-refractivity contribution in [3.05, 3.63) is 18.2 Å². The molecule has 2 unspecified atom stereocenters. The lowest BCUT2D eigenvalue weighted by Crippen LogP contribution is -2.42. The molecule has 2 atom stereocenters. The van der Waals surface area contributed by atoms with Crippen molar-refractivity contribution in [1.82, 2.24) is 14.5 Å². The minimum atomic E-state index is -0.796. The van der Waals surface area contributed by atoms with E-state index in [2.05, 4.69) is 16.8 Å². The van der Waals surface area contributed by atoms with E-state index in [0.717, 1.165) is 12.4 Å². The average molecular weight is 240 g/mol. The lowest BCUT2D eigenvalue weighted by atomic mass is 9.97. The number of aliphatic hydroxyl groups is 1. The maximum atomic E-state index is 9.95. The second-order valence-corrected chi connectivity index (χ2v) is 5.12. The van der Waals surface area contributed by atoms with Gasteiger partial charge in [0.15, 0.2) is 0 Å². The first-order chi connectivity index (χ1) is 7.85. The van der Waals surface area contributed by atoms with Gasteiger partial charge < -0.3 is 15.4 Å². The zero-order valence-electron chi connectivity index (χ0n) is 11.2. The fourth-order valence-corrected chi connectivity index (χ4v) is 1.80. The molecule has 1 rings (SSSR count). The van der Waals surface area contributed by atoms with Crippen LogP contribution in [0.2, 0.25) is 0 Å². The SMILES string of the molecule is CC(CC(C)(O)CN)N(C)Cc1nccn1C. The Morgan fingerprint density at radius 1 is 1.65 bits per heavy atom. The average Bonchev–Trinajstić information content (AvgIpc) is 2.64. The van der Waals surface area contributed by atoms with E-state index in [1.165, 1.54) is 0 Å².